The van der Waals surface area contributed by atoms with E-state index in [9.17, 15) is 19.1 Å². The van der Waals surface area contributed by atoms with Gasteiger partial charge in [-0.2, -0.15) is 0 Å². The number of pyridine rings is 1. The predicted molar refractivity (Wildman–Crippen MR) is 99.8 cm³/mol. The third-order valence-corrected chi connectivity index (χ3v) is 4.96. The van der Waals surface area contributed by atoms with Gasteiger partial charge in [0, 0.05) is 36.3 Å². The molecule has 0 saturated carbocycles. The zero-order chi connectivity index (χ0) is 19.2. The molecule has 6 nitrogen and oxygen atoms in total. The Hall–Kier alpha value is -2.41. The van der Waals surface area contributed by atoms with Crippen molar-refractivity contribution < 1.29 is 14.3 Å². The number of hydrogen-bond donors (Lipinski definition) is 2. The molecule has 1 unspecified atom stereocenters. The molecule has 1 saturated heterocycles. The Labute approximate surface area is 151 Å². The fourth-order valence-electron chi connectivity index (χ4n) is 3.50. The summed E-state index contributed by atoms with van der Waals surface area (Å²) in [5.41, 5.74) is -0.500. The number of carboxylic acid groups (broad SMARTS) is 1. The SMILES string of the molecule is CNC1CCN(c2cc3c(cc2F)c(=O)c(C(=O)O)cn3C(C)(C)C)C1. The molecule has 0 amide bonds. The molecule has 1 fully saturated rings. The van der Waals surface area contributed by atoms with Gasteiger partial charge in [0.05, 0.1) is 11.2 Å². The van der Waals surface area contributed by atoms with Crippen molar-refractivity contribution in [3.63, 3.8) is 0 Å². The van der Waals surface area contributed by atoms with Crippen LogP contribution in [0.1, 0.15) is 37.6 Å². The lowest BCUT2D eigenvalue weighted by Crippen LogP contribution is -2.30. The number of likely N-dealkylation sites (N-methyl/N-ethyl adjacent to an activating group) is 1. The molecule has 7 heteroatoms. The van der Waals surface area contributed by atoms with E-state index in [4.69, 9.17) is 0 Å². The van der Waals surface area contributed by atoms with Gasteiger partial charge in [-0.05, 0) is 46.4 Å². The Balaban J connectivity index is 2.27. The van der Waals surface area contributed by atoms with Gasteiger partial charge in [-0.1, -0.05) is 0 Å². The first-order chi connectivity index (χ1) is 12.1. The standard InChI is InChI=1S/C19H24FN3O3/c1-19(2,3)23-10-13(18(25)26)17(24)12-7-14(20)16(8-15(12)23)22-6-5-11(9-22)21-4/h7-8,10-11,21H,5-6,9H2,1-4H3,(H,25,26). The molecule has 0 aliphatic carbocycles. The van der Waals surface area contributed by atoms with Crippen molar-refractivity contribution in [1.29, 1.82) is 0 Å². The van der Waals surface area contributed by atoms with Crippen LogP contribution in [0.3, 0.4) is 0 Å². The minimum Gasteiger partial charge on any atom is -0.477 e. The molecule has 1 aromatic heterocycles. The minimum absolute atomic E-state index is 0.0884. The highest BCUT2D eigenvalue weighted by Gasteiger charge is 2.26. The van der Waals surface area contributed by atoms with Crippen molar-refractivity contribution in [3.05, 3.63) is 39.9 Å². The number of fused-ring (bicyclic) bond motifs is 1. The molecule has 1 aliphatic heterocycles. The number of halogens is 1. The predicted octanol–water partition coefficient (Wildman–Crippen LogP) is 2.39. The smallest absolute Gasteiger partial charge is 0.341 e. The zero-order valence-electron chi connectivity index (χ0n) is 15.5. The summed E-state index contributed by atoms with van der Waals surface area (Å²) in [6.45, 7) is 7.15. The van der Waals surface area contributed by atoms with Gasteiger partial charge in [0.1, 0.15) is 11.4 Å². The molecule has 0 spiro atoms. The summed E-state index contributed by atoms with van der Waals surface area (Å²) in [5.74, 6) is -1.81. The van der Waals surface area contributed by atoms with Gasteiger partial charge in [-0.3, -0.25) is 4.79 Å². The molecule has 1 aliphatic rings. The van der Waals surface area contributed by atoms with Gasteiger partial charge >= 0.3 is 5.97 Å². The summed E-state index contributed by atoms with van der Waals surface area (Å²) in [7, 11) is 1.88. The number of nitrogens with one attached hydrogen (secondary N) is 1. The van der Waals surface area contributed by atoms with E-state index < -0.39 is 22.8 Å². The fourth-order valence-corrected chi connectivity index (χ4v) is 3.50. The highest BCUT2D eigenvalue weighted by molar-refractivity contribution is 5.93. The van der Waals surface area contributed by atoms with Gasteiger partial charge in [0.2, 0.25) is 5.43 Å². The fraction of sp³-hybridized carbons (Fsp3) is 0.474. The van der Waals surface area contributed by atoms with Crippen LogP contribution in [-0.2, 0) is 5.54 Å². The summed E-state index contributed by atoms with van der Waals surface area (Å²) >= 11 is 0. The second-order valence-electron chi connectivity index (χ2n) is 7.76. The Morgan fingerprint density at radius 1 is 1.35 bits per heavy atom. The van der Waals surface area contributed by atoms with E-state index in [0.717, 1.165) is 13.0 Å². The molecule has 3 rings (SSSR count). The molecular weight excluding hydrogens is 337 g/mol. The molecule has 140 valence electrons. The second kappa shape index (κ2) is 6.39. The number of aromatic nitrogens is 1. The van der Waals surface area contributed by atoms with Gasteiger partial charge in [-0.25, -0.2) is 9.18 Å². The van der Waals surface area contributed by atoms with Crippen LogP contribution in [0, 0.1) is 5.82 Å². The molecule has 1 aromatic carbocycles. The van der Waals surface area contributed by atoms with Crippen molar-refractivity contribution in [2.45, 2.75) is 38.8 Å². The van der Waals surface area contributed by atoms with Gasteiger partial charge in [0.15, 0.2) is 0 Å². The molecular formula is C19H24FN3O3. The maximum atomic E-state index is 14.8. The monoisotopic (exact) mass is 361 g/mol. The molecule has 1 atom stereocenters. The van der Waals surface area contributed by atoms with Crippen molar-refractivity contribution in [1.82, 2.24) is 9.88 Å². The number of aromatic carboxylic acids is 1. The van der Waals surface area contributed by atoms with E-state index in [1.54, 1.807) is 10.6 Å². The number of nitrogens with zero attached hydrogens (tertiary/aromatic N) is 2. The van der Waals surface area contributed by atoms with Crippen LogP contribution in [-0.4, -0.2) is 41.8 Å². The number of rotatable bonds is 3. The first-order valence-electron chi connectivity index (χ1n) is 8.68. The number of carbonyl (C=O) groups is 1. The average molecular weight is 361 g/mol. The second-order valence-corrected chi connectivity index (χ2v) is 7.76. The lowest BCUT2D eigenvalue weighted by molar-refractivity contribution is 0.0694. The van der Waals surface area contributed by atoms with Crippen molar-refractivity contribution in [2.24, 2.45) is 0 Å². The van der Waals surface area contributed by atoms with Gasteiger partial charge < -0.3 is 19.9 Å². The summed E-state index contributed by atoms with van der Waals surface area (Å²) in [6.07, 6.45) is 2.27. The van der Waals surface area contributed by atoms with E-state index in [-0.39, 0.29) is 10.9 Å². The third-order valence-electron chi connectivity index (χ3n) is 4.96. The summed E-state index contributed by atoms with van der Waals surface area (Å²) in [5, 5.41) is 12.6. The normalized spacial score (nSPS) is 17.9. The van der Waals surface area contributed by atoms with E-state index in [1.165, 1.54) is 12.3 Å². The Bertz CT molecular complexity index is 930. The van der Waals surface area contributed by atoms with Crippen LogP contribution in [0.2, 0.25) is 0 Å². The highest BCUT2D eigenvalue weighted by atomic mass is 19.1. The quantitative estimate of drug-likeness (QED) is 0.878. The molecule has 2 aromatic rings. The molecule has 2 N–H and O–H groups in total. The number of hydrogen-bond acceptors (Lipinski definition) is 4. The van der Waals surface area contributed by atoms with Crippen LogP contribution < -0.4 is 15.6 Å². The van der Waals surface area contributed by atoms with Crippen molar-refractivity contribution in [2.75, 3.05) is 25.0 Å². The third kappa shape index (κ3) is 3.07. The van der Waals surface area contributed by atoms with Gasteiger partial charge in [0.25, 0.3) is 0 Å². The first-order valence-corrected chi connectivity index (χ1v) is 8.68. The van der Waals surface area contributed by atoms with Crippen LogP contribution in [0.15, 0.2) is 23.1 Å². The molecule has 0 bridgehead atoms. The molecule has 0 radical (unpaired) electrons. The summed E-state index contributed by atoms with van der Waals surface area (Å²) < 4.78 is 16.5. The van der Waals surface area contributed by atoms with Crippen LogP contribution in [0.4, 0.5) is 10.1 Å². The Kier molecular flexibility index (Phi) is 4.52. The number of benzene rings is 1. The first kappa shape index (κ1) is 18.4. The minimum atomic E-state index is -1.31. The number of carboxylic acids is 1. The molecule has 2 heterocycles. The zero-order valence-corrected chi connectivity index (χ0v) is 15.5. The largest absolute Gasteiger partial charge is 0.477 e. The maximum absolute atomic E-state index is 14.8. The lowest BCUT2D eigenvalue weighted by Gasteiger charge is -2.27. The van der Waals surface area contributed by atoms with Crippen LogP contribution >= 0.6 is 0 Å². The Morgan fingerprint density at radius 3 is 2.58 bits per heavy atom. The van der Waals surface area contributed by atoms with Crippen LogP contribution in [0.25, 0.3) is 10.9 Å². The van der Waals surface area contributed by atoms with Crippen LogP contribution in [0.5, 0.6) is 0 Å². The lowest BCUT2D eigenvalue weighted by atomic mass is 10.0. The van der Waals surface area contributed by atoms with Crippen molar-refractivity contribution in [3.8, 4) is 0 Å². The average Bonchev–Trinajstić information content (AvgIpc) is 3.02. The summed E-state index contributed by atoms with van der Waals surface area (Å²) in [4.78, 5) is 26.0. The summed E-state index contributed by atoms with van der Waals surface area (Å²) in [6, 6.07) is 3.14. The number of anilines is 1. The maximum Gasteiger partial charge on any atom is 0.341 e. The van der Waals surface area contributed by atoms with E-state index in [1.807, 2.05) is 32.7 Å². The highest BCUT2D eigenvalue weighted by Crippen LogP contribution is 2.30. The molecule has 26 heavy (non-hydrogen) atoms. The van der Waals surface area contributed by atoms with E-state index >= 15 is 0 Å². The van der Waals surface area contributed by atoms with Gasteiger partial charge in [-0.15, -0.1) is 0 Å². The van der Waals surface area contributed by atoms with E-state index in [2.05, 4.69) is 5.32 Å². The van der Waals surface area contributed by atoms with Crippen molar-refractivity contribution >= 4 is 22.6 Å². The Morgan fingerprint density at radius 2 is 2.04 bits per heavy atom. The van der Waals surface area contributed by atoms with E-state index in [0.29, 0.717) is 23.8 Å². The topological polar surface area (TPSA) is 74.6 Å².